The first kappa shape index (κ1) is 10.2. The molecule has 0 aromatic rings. The van der Waals surface area contributed by atoms with Crippen LogP contribution >= 0.6 is 0 Å². The fourth-order valence-electron chi connectivity index (χ4n) is 0.747. The lowest BCUT2D eigenvalue weighted by atomic mass is 10.1. The number of unbranched alkanes of at least 4 members (excludes halogenated alkanes) is 4. The molecule has 1 radical (unpaired) electrons. The Bertz CT molecular complexity index is 128. The Morgan fingerprint density at radius 1 is 1.36 bits per heavy atom. The van der Waals surface area contributed by atoms with Crippen molar-refractivity contribution >= 4 is 5.97 Å². The Labute approximate surface area is 67.9 Å². The molecule has 2 nitrogen and oxygen atoms in total. The summed E-state index contributed by atoms with van der Waals surface area (Å²) >= 11 is 0. The maximum atomic E-state index is 9.99. The van der Waals surface area contributed by atoms with Gasteiger partial charge in [0, 0.05) is 6.08 Å². The zero-order valence-electron chi connectivity index (χ0n) is 6.92. The highest BCUT2D eigenvalue weighted by Crippen LogP contribution is 2.01. The van der Waals surface area contributed by atoms with Crippen LogP contribution < -0.4 is 0 Å². The van der Waals surface area contributed by atoms with E-state index in [-0.39, 0.29) is 0 Å². The fraction of sp³-hybridized carbons (Fsp3) is 0.556. The zero-order valence-corrected chi connectivity index (χ0v) is 6.92. The number of hydrogen-bond donors (Lipinski definition) is 1. The predicted molar refractivity (Wildman–Crippen MR) is 45.2 cm³/mol. The van der Waals surface area contributed by atoms with Gasteiger partial charge in [-0.2, -0.15) is 0 Å². The van der Waals surface area contributed by atoms with Crippen molar-refractivity contribution in [2.75, 3.05) is 0 Å². The average molecular weight is 155 g/mol. The van der Waals surface area contributed by atoms with Crippen LogP contribution in [0.4, 0.5) is 0 Å². The largest absolute Gasteiger partial charge is 0.478 e. The molecular formula is C9H15O2. The van der Waals surface area contributed by atoms with Gasteiger partial charge in [0.15, 0.2) is 0 Å². The van der Waals surface area contributed by atoms with Crippen LogP contribution in [0.5, 0.6) is 0 Å². The van der Waals surface area contributed by atoms with Gasteiger partial charge in [-0.15, -0.1) is 0 Å². The van der Waals surface area contributed by atoms with E-state index in [4.69, 9.17) is 5.11 Å². The summed E-state index contributed by atoms with van der Waals surface area (Å²) in [6, 6.07) is 0. The van der Waals surface area contributed by atoms with Crippen LogP contribution in [0.1, 0.15) is 32.6 Å². The molecule has 0 aliphatic carbocycles. The van der Waals surface area contributed by atoms with Gasteiger partial charge in [0.05, 0.1) is 0 Å². The summed E-state index contributed by atoms with van der Waals surface area (Å²) < 4.78 is 0. The standard InChI is InChI=1S/C9H15O2/c1-2-3-4-5-6-7-8-9(10)11/h4,7-8H,2-3,5-6H2,1H3,(H,10,11). The van der Waals surface area contributed by atoms with Gasteiger partial charge in [-0.05, 0) is 19.3 Å². The summed E-state index contributed by atoms with van der Waals surface area (Å²) in [6.45, 7) is 2.13. The van der Waals surface area contributed by atoms with Crippen LogP contribution in [-0.2, 0) is 4.79 Å². The second-order valence-corrected chi connectivity index (χ2v) is 2.40. The van der Waals surface area contributed by atoms with Gasteiger partial charge in [0.2, 0.25) is 0 Å². The van der Waals surface area contributed by atoms with E-state index >= 15 is 0 Å². The van der Waals surface area contributed by atoms with E-state index in [2.05, 4.69) is 13.3 Å². The summed E-state index contributed by atoms with van der Waals surface area (Å²) in [5.41, 5.74) is 0. The number of allylic oxidation sites excluding steroid dienone is 1. The van der Waals surface area contributed by atoms with Crippen LogP contribution in [0.2, 0.25) is 0 Å². The third-order valence-corrected chi connectivity index (χ3v) is 1.29. The van der Waals surface area contributed by atoms with E-state index in [9.17, 15) is 4.79 Å². The minimum Gasteiger partial charge on any atom is -0.478 e. The second-order valence-electron chi connectivity index (χ2n) is 2.40. The summed E-state index contributed by atoms with van der Waals surface area (Å²) in [6.07, 6.45) is 9.19. The molecule has 0 fully saturated rings. The SMILES string of the molecule is CCC[CH]CCC=CC(=O)O. The quantitative estimate of drug-likeness (QED) is 0.472. The molecule has 0 aromatic heterocycles. The smallest absolute Gasteiger partial charge is 0.327 e. The molecule has 0 spiro atoms. The molecule has 63 valence electrons. The van der Waals surface area contributed by atoms with Crippen LogP contribution in [0.3, 0.4) is 0 Å². The average Bonchev–Trinajstić information content (AvgIpc) is 1.96. The Kier molecular flexibility index (Phi) is 6.79. The van der Waals surface area contributed by atoms with Gasteiger partial charge in [-0.3, -0.25) is 0 Å². The van der Waals surface area contributed by atoms with Crippen molar-refractivity contribution in [1.29, 1.82) is 0 Å². The van der Waals surface area contributed by atoms with Crippen LogP contribution in [0.15, 0.2) is 12.2 Å². The maximum absolute atomic E-state index is 9.99. The zero-order chi connectivity index (χ0) is 8.53. The second kappa shape index (κ2) is 7.32. The Balaban J connectivity index is 3.07. The van der Waals surface area contributed by atoms with E-state index in [1.807, 2.05) is 0 Å². The summed E-state index contributed by atoms with van der Waals surface area (Å²) in [5.74, 6) is -0.861. The van der Waals surface area contributed by atoms with Crippen LogP contribution in [0.25, 0.3) is 0 Å². The van der Waals surface area contributed by atoms with Crippen molar-refractivity contribution in [3.05, 3.63) is 18.6 Å². The molecule has 11 heavy (non-hydrogen) atoms. The van der Waals surface area contributed by atoms with E-state index in [1.165, 1.54) is 12.5 Å². The Morgan fingerprint density at radius 2 is 2.09 bits per heavy atom. The fourth-order valence-corrected chi connectivity index (χ4v) is 0.747. The molecular weight excluding hydrogens is 140 g/mol. The van der Waals surface area contributed by atoms with E-state index in [0.717, 1.165) is 19.3 Å². The minimum absolute atomic E-state index is 0.840. The van der Waals surface area contributed by atoms with Crippen molar-refractivity contribution in [2.24, 2.45) is 0 Å². The van der Waals surface area contributed by atoms with Crippen LogP contribution in [0, 0.1) is 6.42 Å². The van der Waals surface area contributed by atoms with Crippen molar-refractivity contribution in [3.8, 4) is 0 Å². The topological polar surface area (TPSA) is 37.3 Å². The molecule has 0 aliphatic rings. The molecule has 0 rings (SSSR count). The normalized spacial score (nSPS) is 10.6. The minimum atomic E-state index is -0.861. The van der Waals surface area contributed by atoms with E-state index in [1.54, 1.807) is 6.08 Å². The first-order valence-corrected chi connectivity index (χ1v) is 3.98. The molecule has 0 bridgehead atoms. The lowest BCUT2D eigenvalue weighted by molar-refractivity contribution is -0.131. The van der Waals surface area contributed by atoms with Gasteiger partial charge in [0.1, 0.15) is 0 Å². The molecule has 0 atom stereocenters. The number of carboxylic acids is 1. The summed E-state index contributed by atoms with van der Waals surface area (Å²) in [7, 11) is 0. The predicted octanol–water partition coefficient (Wildman–Crippen LogP) is 2.41. The number of hydrogen-bond acceptors (Lipinski definition) is 1. The number of carboxylic acid groups (broad SMARTS) is 1. The molecule has 0 heterocycles. The van der Waals surface area contributed by atoms with E-state index < -0.39 is 5.97 Å². The molecule has 1 N–H and O–H groups in total. The van der Waals surface area contributed by atoms with Gasteiger partial charge >= 0.3 is 5.97 Å². The Morgan fingerprint density at radius 3 is 2.64 bits per heavy atom. The number of rotatable bonds is 6. The summed E-state index contributed by atoms with van der Waals surface area (Å²) in [4.78, 5) is 9.99. The molecule has 0 unspecified atom stereocenters. The van der Waals surface area contributed by atoms with Gasteiger partial charge < -0.3 is 5.11 Å². The molecule has 0 amide bonds. The summed E-state index contributed by atoms with van der Waals surface area (Å²) in [5, 5.41) is 8.22. The van der Waals surface area contributed by atoms with Gasteiger partial charge in [-0.1, -0.05) is 25.8 Å². The Hall–Kier alpha value is -0.790. The van der Waals surface area contributed by atoms with Crippen molar-refractivity contribution in [2.45, 2.75) is 32.6 Å². The van der Waals surface area contributed by atoms with Crippen LogP contribution in [-0.4, -0.2) is 11.1 Å². The van der Waals surface area contributed by atoms with Gasteiger partial charge in [0.25, 0.3) is 0 Å². The molecule has 0 saturated carbocycles. The molecule has 0 saturated heterocycles. The maximum Gasteiger partial charge on any atom is 0.327 e. The lowest BCUT2D eigenvalue weighted by Gasteiger charge is -1.92. The number of aliphatic carboxylic acids is 1. The molecule has 0 aromatic carbocycles. The van der Waals surface area contributed by atoms with Gasteiger partial charge in [-0.25, -0.2) is 4.79 Å². The third kappa shape index (κ3) is 9.21. The number of carbonyl (C=O) groups is 1. The highest BCUT2D eigenvalue weighted by Gasteiger charge is 1.86. The molecule has 2 heteroatoms. The van der Waals surface area contributed by atoms with E-state index in [0.29, 0.717) is 0 Å². The lowest BCUT2D eigenvalue weighted by Crippen LogP contribution is -1.85. The van der Waals surface area contributed by atoms with Crippen molar-refractivity contribution < 1.29 is 9.90 Å². The molecule has 0 aliphatic heterocycles. The monoisotopic (exact) mass is 155 g/mol. The first-order valence-electron chi connectivity index (χ1n) is 3.98. The third-order valence-electron chi connectivity index (χ3n) is 1.29. The highest BCUT2D eigenvalue weighted by atomic mass is 16.4. The first-order chi connectivity index (χ1) is 5.27. The highest BCUT2D eigenvalue weighted by molar-refractivity contribution is 5.79. The van der Waals surface area contributed by atoms with Crippen molar-refractivity contribution in [3.63, 3.8) is 0 Å². The van der Waals surface area contributed by atoms with Crippen molar-refractivity contribution in [1.82, 2.24) is 0 Å².